The Morgan fingerprint density at radius 3 is 2.34 bits per heavy atom. The number of pyridine rings is 1. The first kappa shape index (κ1) is 26.8. The standard InChI is InChI=1S/C26H21ClF3N3O5/c1-14(17-4-2-3-5-19(17)27)32-12-18-20(13-32)33(11-15-6-8-16(9-7-15)26(28,29)30)25(38)22(23(18)36)24(37)31-10-21(34)35/h2-9,36H,1,10-13H2,(H,31,37)(H,34,35). The molecule has 0 saturated carbocycles. The van der Waals surface area contributed by atoms with E-state index >= 15 is 0 Å². The lowest BCUT2D eigenvalue weighted by atomic mass is 10.1. The molecule has 1 aliphatic heterocycles. The molecule has 198 valence electrons. The molecule has 0 saturated heterocycles. The number of carbonyl (C=O) groups is 2. The van der Waals surface area contributed by atoms with E-state index in [4.69, 9.17) is 16.7 Å². The maximum absolute atomic E-state index is 13.4. The van der Waals surface area contributed by atoms with E-state index in [1.807, 2.05) is 0 Å². The van der Waals surface area contributed by atoms with E-state index in [2.05, 4.69) is 11.9 Å². The highest BCUT2D eigenvalue weighted by Gasteiger charge is 2.33. The number of aliphatic carboxylic acids is 1. The van der Waals surface area contributed by atoms with Gasteiger partial charge in [0.1, 0.15) is 17.9 Å². The monoisotopic (exact) mass is 547 g/mol. The largest absolute Gasteiger partial charge is 0.506 e. The Balaban J connectivity index is 1.78. The molecule has 0 bridgehead atoms. The Morgan fingerprint density at radius 2 is 1.74 bits per heavy atom. The third kappa shape index (κ3) is 5.23. The first-order chi connectivity index (χ1) is 17.9. The van der Waals surface area contributed by atoms with Crippen LogP contribution in [0.15, 0.2) is 59.9 Å². The van der Waals surface area contributed by atoms with Crippen molar-refractivity contribution in [3.05, 3.63) is 104 Å². The van der Waals surface area contributed by atoms with Crippen LogP contribution in [0.4, 0.5) is 13.2 Å². The first-order valence-electron chi connectivity index (χ1n) is 11.2. The number of aromatic nitrogens is 1. The zero-order valence-corrected chi connectivity index (χ0v) is 20.4. The summed E-state index contributed by atoms with van der Waals surface area (Å²) in [6.07, 6.45) is -4.54. The number of amides is 1. The van der Waals surface area contributed by atoms with E-state index in [0.29, 0.717) is 27.5 Å². The van der Waals surface area contributed by atoms with Crippen LogP contribution in [0.3, 0.4) is 0 Å². The molecular weight excluding hydrogens is 527 g/mol. The Hall–Kier alpha value is -4.25. The van der Waals surface area contributed by atoms with Crippen LogP contribution in [0.2, 0.25) is 5.02 Å². The van der Waals surface area contributed by atoms with Crippen molar-refractivity contribution in [3.8, 4) is 5.75 Å². The minimum absolute atomic E-state index is 0.0394. The number of carbonyl (C=O) groups excluding carboxylic acids is 1. The summed E-state index contributed by atoms with van der Waals surface area (Å²) in [7, 11) is 0. The number of alkyl halides is 3. The number of carboxylic acids is 1. The number of aromatic hydroxyl groups is 1. The summed E-state index contributed by atoms with van der Waals surface area (Å²) in [4.78, 5) is 38.8. The molecule has 0 spiro atoms. The molecule has 3 aromatic rings. The van der Waals surface area contributed by atoms with Gasteiger partial charge in [-0.05, 0) is 23.8 Å². The Labute approximate surface area is 219 Å². The van der Waals surface area contributed by atoms with Gasteiger partial charge in [0, 0.05) is 34.1 Å². The van der Waals surface area contributed by atoms with Crippen LogP contribution in [-0.2, 0) is 30.6 Å². The van der Waals surface area contributed by atoms with E-state index in [1.54, 1.807) is 29.2 Å². The number of fused-ring (bicyclic) bond motifs is 1. The molecule has 12 heteroatoms. The smallest absolute Gasteiger partial charge is 0.416 e. The molecule has 0 radical (unpaired) electrons. The summed E-state index contributed by atoms with van der Waals surface area (Å²) < 4.78 is 40.2. The molecule has 38 heavy (non-hydrogen) atoms. The molecular formula is C26H21ClF3N3O5. The van der Waals surface area contributed by atoms with Crippen LogP contribution in [-0.4, -0.2) is 38.1 Å². The van der Waals surface area contributed by atoms with Gasteiger partial charge in [0.25, 0.3) is 11.5 Å². The maximum Gasteiger partial charge on any atom is 0.416 e. The first-order valence-corrected chi connectivity index (χ1v) is 11.6. The zero-order valence-electron chi connectivity index (χ0n) is 19.7. The highest BCUT2D eigenvalue weighted by molar-refractivity contribution is 6.32. The molecule has 1 aromatic heterocycles. The van der Waals surface area contributed by atoms with Crippen molar-refractivity contribution in [3.63, 3.8) is 0 Å². The fourth-order valence-corrected chi connectivity index (χ4v) is 4.48. The van der Waals surface area contributed by atoms with Crippen molar-refractivity contribution in [2.45, 2.75) is 25.8 Å². The summed E-state index contributed by atoms with van der Waals surface area (Å²) in [6, 6.07) is 11.1. The van der Waals surface area contributed by atoms with Crippen molar-refractivity contribution < 1.29 is 33.0 Å². The van der Waals surface area contributed by atoms with Crippen LogP contribution >= 0.6 is 11.6 Å². The molecule has 4 rings (SSSR count). The molecule has 0 aliphatic carbocycles. The van der Waals surface area contributed by atoms with E-state index in [1.165, 1.54) is 16.7 Å². The quantitative estimate of drug-likeness (QED) is 0.411. The highest BCUT2D eigenvalue weighted by Crippen LogP contribution is 2.37. The van der Waals surface area contributed by atoms with Crippen molar-refractivity contribution >= 4 is 29.2 Å². The van der Waals surface area contributed by atoms with Gasteiger partial charge < -0.3 is 25.0 Å². The van der Waals surface area contributed by atoms with E-state index < -0.39 is 47.0 Å². The van der Waals surface area contributed by atoms with E-state index in [0.717, 1.165) is 12.1 Å². The molecule has 1 aliphatic rings. The number of rotatable bonds is 7. The zero-order chi connectivity index (χ0) is 27.8. The minimum Gasteiger partial charge on any atom is -0.506 e. The number of nitrogens with one attached hydrogen (secondary N) is 1. The number of benzene rings is 2. The van der Waals surface area contributed by atoms with Crippen molar-refractivity contribution in [2.75, 3.05) is 6.54 Å². The summed E-state index contributed by atoms with van der Waals surface area (Å²) in [5.41, 5.74) is -0.459. The highest BCUT2D eigenvalue weighted by atomic mass is 35.5. The topological polar surface area (TPSA) is 112 Å². The molecule has 3 N–H and O–H groups in total. The Kier molecular flexibility index (Phi) is 7.23. The number of hydrogen-bond donors (Lipinski definition) is 3. The number of halogens is 4. The van der Waals surface area contributed by atoms with Gasteiger partial charge in [-0.3, -0.25) is 14.4 Å². The molecule has 2 heterocycles. The number of hydrogen-bond acceptors (Lipinski definition) is 5. The summed E-state index contributed by atoms with van der Waals surface area (Å²) >= 11 is 6.30. The van der Waals surface area contributed by atoms with Gasteiger partial charge in [0.05, 0.1) is 18.7 Å². The predicted molar refractivity (Wildman–Crippen MR) is 133 cm³/mol. The second-order valence-electron chi connectivity index (χ2n) is 8.59. The number of carboxylic acid groups (broad SMARTS) is 1. The fourth-order valence-electron chi connectivity index (χ4n) is 4.24. The van der Waals surface area contributed by atoms with Gasteiger partial charge in [-0.1, -0.05) is 48.5 Å². The normalized spacial score (nSPS) is 12.8. The lowest BCUT2D eigenvalue weighted by molar-refractivity contribution is -0.138. The van der Waals surface area contributed by atoms with Crippen LogP contribution < -0.4 is 10.9 Å². The van der Waals surface area contributed by atoms with E-state index in [-0.39, 0.29) is 25.2 Å². The predicted octanol–water partition coefficient (Wildman–Crippen LogP) is 4.08. The summed E-state index contributed by atoms with van der Waals surface area (Å²) in [5.74, 6) is -3.06. The second-order valence-corrected chi connectivity index (χ2v) is 9.00. The average molecular weight is 548 g/mol. The third-order valence-electron chi connectivity index (χ3n) is 6.16. The molecule has 0 atom stereocenters. The molecule has 2 aromatic carbocycles. The van der Waals surface area contributed by atoms with Gasteiger partial charge in [-0.15, -0.1) is 0 Å². The lowest BCUT2D eigenvalue weighted by Crippen LogP contribution is -2.37. The van der Waals surface area contributed by atoms with Gasteiger partial charge >= 0.3 is 12.1 Å². The maximum atomic E-state index is 13.4. The van der Waals surface area contributed by atoms with Gasteiger partial charge in [-0.2, -0.15) is 13.2 Å². The van der Waals surface area contributed by atoms with Crippen LogP contribution in [0.5, 0.6) is 5.75 Å². The van der Waals surface area contributed by atoms with Crippen LogP contribution in [0.25, 0.3) is 5.70 Å². The fraction of sp³-hybridized carbons (Fsp3) is 0.192. The van der Waals surface area contributed by atoms with E-state index in [9.17, 15) is 32.7 Å². The SMILES string of the molecule is C=C(c1ccccc1Cl)N1Cc2c(O)c(C(=O)NCC(=O)O)c(=O)n(Cc3ccc(C(F)(F)F)cc3)c2C1. The lowest BCUT2D eigenvalue weighted by Gasteiger charge is -2.21. The average Bonchev–Trinajstić information content (AvgIpc) is 3.31. The van der Waals surface area contributed by atoms with Gasteiger partial charge in [-0.25, -0.2) is 0 Å². The molecule has 0 fully saturated rings. The number of nitrogens with zero attached hydrogens (tertiary/aromatic N) is 2. The molecule has 8 nitrogen and oxygen atoms in total. The minimum atomic E-state index is -4.54. The third-order valence-corrected chi connectivity index (χ3v) is 6.49. The molecule has 1 amide bonds. The van der Waals surface area contributed by atoms with Crippen molar-refractivity contribution in [2.24, 2.45) is 0 Å². The van der Waals surface area contributed by atoms with Gasteiger partial charge in [0.15, 0.2) is 0 Å². The second kappa shape index (κ2) is 10.3. The van der Waals surface area contributed by atoms with Crippen LogP contribution in [0.1, 0.15) is 38.3 Å². The summed E-state index contributed by atoms with van der Waals surface area (Å²) in [5, 5.41) is 22.3. The van der Waals surface area contributed by atoms with Crippen molar-refractivity contribution in [1.29, 1.82) is 0 Å². The molecule has 0 unspecified atom stereocenters. The van der Waals surface area contributed by atoms with Gasteiger partial charge in [0.2, 0.25) is 0 Å². The summed E-state index contributed by atoms with van der Waals surface area (Å²) in [6.45, 7) is 3.21. The Morgan fingerprint density at radius 1 is 1.08 bits per heavy atom. The van der Waals surface area contributed by atoms with Crippen molar-refractivity contribution in [1.82, 2.24) is 14.8 Å². The van der Waals surface area contributed by atoms with Crippen LogP contribution in [0, 0.1) is 0 Å². The Bertz CT molecular complexity index is 1500.